The molecule has 5 heteroatoms. The van der Waals surface area contributed by atoms with Gasteiger partial charge in [0.15, 0.2) is 0 Å². The Morgan fingerprint density at radius 3 is 1.32 bits per heavy atom. The molecule has 0 heterocycles. The van der Waals surface area contributed by atoms with Gasteiger partial charge in [-0.1, -0.05) is 174 Å². The molecule has 0 aliphatic carbocycles. The van der Waals surface area contributed by atoms with Crippen LogP contribution in [0.25, 0.3) is 0 Å². The second kappa shape index (κ2) is 33.8. The minimum Gasteiger partial charge on any atom is -0.481 e. The van der Waals surface area contributed by atoms with Gasteiger partial charge in [0.1, 0.15) is 0 Å². The molecule has 0 radical (unpaired) electrons. The van der Waals surface area contributed by atoms with Gasteiger partial charge in [-0.3, -0.25) is 9.59 Å². The number of unbranched alkanes of at least 4 members (excludes halogenated alkanes) is 24. The van der Waals surface area contributed by atoms with Gasteiger partial charge < -0.3 is 9.84 Å². The number of carboxylic acid groups (broad SMARTS) is 1. The summed E-state index contributed by atoms with van der Waals surface area (Å²) in [5, 5.41) is 9.57. The van der Waals surface area contributed by atoms with Crippen LogP contribution in [-0.2, 0) is 14.3 Å². The Hall–Kier alpha value is -0.710. The second-order valence-electron chi connectivity index (χ2n) is 12.4. The Kier molecular flexibility index (Phi) is 33.2. The van der Waals surface area contributed by atoms with Gasteiger partial charge in [0.2, 0.25) is 0 Å². The van der Waals surface area contributed by atoms with Gasteiger partial charge >= 0.3 is 11.9 Å². The Labute approximate surface area is 260 Å². The fourth-order valence-corrected chi connectivity index (χ4v) is 6.52. The standard InChI is InChI=1S/C36H70O4S/c1-3-5-7-9-11-13-15-16-17-18-19-20-21-23-25-27-29-34(36(38)39)33-41-32-30-35(37)40-31-28-26-24-22-14-12-10-8-6-4-2/h34H,3-33H2,1-2H3,(H,38,39). The Morgan fingerprint density at radius 2 is 0.927 bits per heavy atom. The van der Waals surface area contributed by atoms with Crippen molar-refractivity contribution in [2.45, 2.75) is 194 Å². The number of ether oxygens (including phenoxy) is 1. The van der Waals surface area contributed by atoms with Crippen LogP contribution in [0.3, 0.4) is 0 Å². The molecular formula is C36H70O4S. The molecule has 1 atom stereocenters. The molecule has 1 unspecified atom stereocenters. The van der Waals surface area contributed by atoms with Crippen molar-refractivity contribution in [3.63, 3.8) is 0 Å². The minimum atomic E-state index is -0.693. The Balaban J connectivity index is 3.49. The van der Waals surface area contributed by atoms with Crippen LogP contribution < -0.4 is 0 Å². The van der Waals surface area contributed by atoms with Crippen LogP contribution in [0, 0.1) is 5.92 Å². The molecule has 0 aromatic heterocycles. The van der Waals surface area contributed by atoms with Crippen molar-refractivity contribution in [1.29, 1.82) is 0 Å². The topological polar surface area (TPSA) is 63.6 Å². The van der Waals surface area contributed by atoms with Crippen LogP contribution in [0.15, 0.2) is 0 Å². The summed E-state index contributed by atoms with van der Waals surface area (Å²) in [6.45, 7) is 5.06. The van der Waals surface area contributed by atoms with E-state index in [0.717, 1.165) is 32.1 Å². The predicted molar refractivity (Wildman–Crippen MR) is 180 cm³/mol. The summed E-state index contributed by atoms with van der Waals surface area (Å²) in [6.07, 6.45) is 35.2. The highest BCUT2D eigenvalue weighted by molar-refractivity contribution is 7.99. The molecule has 0 saturated heterocycles. The lowest BCUT2D eigenvalue weighted by molar-refractivity contribution is -0.143. The van der Waals surface area contributed by atoms with Crippen molar-refractivity contribution in [3.05, 3.63) is 0 Å². The summed E-state index contributed by atoms with van der Waals surface area (Å²) in [6, 6.07) is 0. The Bertz CT molecular complexity index is 554. The van der Waals surface area contributed by atoms with Crippen LogP contribution >= 0.6 is 11.8 Å². The van der Waals surface area contributed by atoms with Crippen molar-refractivity contribution in [1.82, 2.24) is 0 Å². The lowest BCUT2D eigenvalue weighted by atomic mass is 10.0. The first-order valence-electron chi connectivity index (χ1n) is 18.1. The molecule has 0 aliphatic rings. The first-order chi connectivity index (χ1) is 20.1. The van der Waals surface area contributed by atoms with Crippen molar-refractivity contribution in [3.8, 4) is 0 Å². The van der Waals surface area contributed by atoms with Crippen molar-refractivity contribution < 1.29 is 19.4 Å². The number of thioether (sulfide) groups is 1. The van der Waals surface area contributed by atoms with Gasteiger partial charge in [0.25, 0.3) is 0 Å². The van der Waals surface area contributed by atoms with Gasteiger partial charge in [-0.05, 0) is 12.8 Å². The van der Waals surface area contributed by atoms with Gasteiger partial charge in [0.05, 0.1) is 18.9 Å². The van der Waals surface area contributed by atoms with Gasteiger partial charge in [-0.25, -0.2) is 0 Å². The molecule has 4 nitrogen and oxygen atoms in total. The molecule has 0 aliphatic heterocycles. The maximum atomic E-state index is 12.0. The van der Waals surface area contributed by atoms with Crippen molar-refractivity contribution in [2.75, 3.05) is 18.1 Å². The number of carbonyl (C=O) groups is 2. The second-order valence-corrected chi connectivity index (χ2v) is 13.5. The van der Waals surface area contributed by atoms with Crippen LogP contribution in [0.5, 0.6) is 0 Å². The normalized spacial score (nSPS) is 12.0. The van der Waals surface area contributed by atoms with E-state index < -0.39 is 5.97 Å². The fraction of sp³-hybridized carbons (Fsp3) is 0.944. The van der Waals surface area contributed by atoms with E-state index in [1.807, 2.05) is 0 Å². The quantitative estimate of drug-likeness (QED) is 0.0589. The van der Waals surface area contributed by atoms with E-state index in [9.17, 15) is 14.7 Å². The third-order valence-electron chi connectivity index (χ3n) is 8.29. The average Bonchev–Trinajstić information content (AvgIpc) is 2.96. The fourth-order valence-electron chi connectivity index (χ4n) is 5.45. The highest BCUT2D eigenvalue weighted by Crippen LogP contribution is 2.19. The van der Waals surface area contributed by atoms with E-state index >= 15 is 0 Å². The maximum absolute atomic E-state index is 12.0. The Morgan fingerprint density at radius 1 is 0.561 bits per heavy atom. The van der Waals surface area contributed by atoms with Crippen LogP contribution in [-0.4, -0.2) is 35.2 Å². The average molecular weight is 599 g/mol. The van der Waals surface area contributed by atoms with Crippen LogP contribution in [0.2, 0.25) is 0 Å². The van der Waals surface area contributed by atoms with Gasteiger partial charge in [0, 0.05) is 11.5 Å². The van der Waals surface area contributed by atoms with Gasteiger partial charge in [-0.15, -0.1) is 0 Å². The molecule has 0 rings (SSSR count). The summed E-state index contributed by atoms with van der Waals surface area (Å²) in [4.78, 5) is 23.6. The lowest BCUT2D eigenvalue weighted by Crippen LogP contribution is -2.17. The molecule has 0 aromatic carbocycles. The summed E-state index contributed by atoms with van der Waals surface area (Å²) >= 11 is 1.58. The largest absolute Gasteiger partial charge is 0.481 e. The van der Waals surface area contributed by atoms with Crippen molar-refractivity contribution >= 4 is 23.7 Å². The highest BCUT2D eigenvalue weighted by Gasteiger charge is 2.17. The van der Waals surface area contributed by atoms with Crippen LogP contribution in [0.1, 0.15) is 194 Å². The first kappa shape index (κ1) is 40.3. The summed E-state index contributed by atoms with van der Waals surface area (Å²) in [7, 11) is 0. The molecule has 41 heavy (non-hydrogen) atoms. The number of hydrogen-bond donors (Lipinski definition) is 1. The number of carboxylic acids is 1. The summed E-state index contributed by atoms with van der Waals surface area (Å²) in [5.74, 6) is 0.119. The maximum Gasteiger partial charge on any atom is 0.307 e. The highest BCUT2D eigenvalue weighted by atomic mass is 32.2. The molecule has 0 fully saturated rings. The predicted octanol–water partition coefficient (Wildman–Crippen LogP) is 11.9. The first-order valence-corrected chi connectivity index (χ1v) is 19.2. The van der Waals surface area contributed by atoms with Crippen LogP contribution in [0.4, 0.5) is 0 Å². The summed E-state index contributed by atoms with van der Waals surface area (Å²) < 4.78 is 5.36. The molecule has 0 amide bonds. The number of aliphatic carboxylic acids is 1. The zero-order valence-corrected chi connectivity index (χ0v) is 28.4. The molecule has 0 aromatic rings. The zero-order chi connectivity index (χ0) is 30.1. The third kappa shape index (κ3) is 32.0. The van der Waals surface area contributed by atoms with E-state index in [-0.39, 0.29) is 11.9 Å². The van der Waals surface area contributed by atoms with Gasteiger partial charge in [-0.2, -0.15) is 11.8 Å². The lowest BCUT2D eigenvalue weighted by Gasteiger charge is -2.12. The summed E-state index contributed by atoms with van der Waals surface area (Å²) in [5.41, 5.74) is 0. The molecule has 244 valence electrons. The zero-order valence-electron chi connectivity index (χ0n) is 27.6. The third-order valence-corrected chi connectivity index (χ3v) is 9.42. The monoisotopic (exact) mass is 598 g/mol. The number of carbonyl (C=O) groups excluding carboxylic acids is 1. The van der Waals surface area contributed by atoms with E-state index in [0.29, 0.717) is 24.5 Å². The van der Waals surface area contributed by atoms with E-state index in [2.05, 4.69) is 13.8 Å². The van der Waals surface area contributed by atoms with E-state index in [4.69, 9.17) is 4.74 Å². The molecular weight excluding hydrogens is 528 g/mol. The van der Waals surface area contributed by atoms with E-state index in [1.165, 1.54) is 141 Å². The number of esters is 1. The molecule has 0 bridgehead atoms. The minimum absolute atomic E-state index is 0.141. The molecule has 0 spiro atoms. The van der Waals surface area contributed by atoms with Crippen molar-refractivity contribution in [2.24, 2.45) is 5.92 Å². The molecule has 1 N–H and O–H groups in total. The number of hydrogen-bond acceptors (Lipinski definition) is 4. The smallest absolute Gasteiger partial charge is 0.307 e. The van der Waals surface area contributed by atoms with E-state index in [1.54, 1.807) is 11.8 Å². The SMILES string of the molecule is CCCCCCCCCCCCCCCCCCC(CSCCC(=O)OCCCCCCCCCCCC)C(=O)O. The number of rotatable bonds is 34. The molecule has 0 saturated carbocycles.